The van der Waals surface area contributed by atoms with Gasteiger partial charge in [0.05, 0.1) is 22.8 Å². The zero-order valence-corrected chi connectivity index (χ0v) is 16.5. The molecule has 1 saturated heterocycles. The number of aromatic nitrogens is 3. The number of pyridine rings is 1. The maximum atomic E-state index is 12.7. The van der Waals surface area contributed by atoms with Gasteiger partial charge < -0.3 is 10.2 Å². The van der Waals surface area contributed by atoms with E-state index in [0.717, 1.165) is 12.3 Å². The number of carbonyl (C=O) groups excluding carboxylic acids is 1. The maximum absolute atomic E-state index is 12.7. The first kappa shape index (κ1) is 20.8. The van der Waals surface area contributed by atoms with Crippen molar-refractivity contribution < 1.29 is 18.0 Å². The summed E-state index contributed by atoms with van der Waals surface area (Å²) in [5, 5.41) is 3.42. The SMILES string of the molecule is O=C(CCn1cnc2ccccc2c1=O)NC1CCN(c2ccc(C(F)(F)F)cn2)C1. The predicted octanol–water partition coefficient (Wildman–Crippen LogP) is 2.60. The molecule has 31 heavy (non-hydrogen) atoms. The summed E-state index contributed by atoms with van der Waals surface area (Å²) in [5.41, 5.74) is -0.381. The van der Waals surface area contributed by atoms with Gasteiger partial charge in [0.15, 0.2) is 0 Å². The quantitative estimate of drug-likeness (QED) is 0.672. The molecule has 4 rings (SSSR count). The Kier molecular flexibility index (Phi) is 5.62. The molecule has 0 spiro atoms. The van der Waals surface area contributed by atoms with Crippen LogP contribution in [-0.4, -0.2) is 39.6 Å². The smallest absolute Gasteiger partial charge is 0.354 e. The van der Waals surface area contributed by atoms with Gasteiger partial charge in [-0.05, 0) is 30.7 Å². The van der Waals surface area contributed by atoms with E-state index in [2.05, 4.69) is 15.3 Å². The Morgan fingerprint density at radius 3 is 2.71 bits per heavy atom. The number of nitrogens with zero attached hydrogens (tertiary/aromatic N) is 4. The van der Waals surface area contributed by atoms with Gasteiger partial charge in [0.1, 0.15) is 5.82 Å². The van der Waals surface area contributed by atoms with Crippen LogP contribution in [0.5, 0.6) is 0 Å². The van der Waals surface area contributed by atoms with Crippen molar-refractivity contribution >= 4 is 22.6 Å². The van der Waals surface area contributed by atoms with Crippen LogP contribution < -0.4 is 15.8 Å². The average molecular weight is 431 g/mol. The molecule has 1 amide bonds. The van der Waals surface area contributed by atoms with Crippen LogP contribution in [0, 0.1) is 0 Å². The highest BCUT2D eigenvalue weighted by Gasteiger charge is 2.31. The largest absolute Gasteiger partial charge is 0.417 e. The van der Waals surface area contributed by atoms with Gasteiger partial charge in [-0.25, -0.2) is 9.97 Å². The van der Waals surface area contributed by atoms with Gasteiger partial charge in [-0.2, -0.15) is 13.2 Å². The number of alkyl halides is 3. The third kappa shape index (κ3) is 4.68. The number of nitrogens with one attached hydrogen (secondary N) is 1. The van der Waals surface area contributed by atoms with Gasteiger partial charge in [-0.1, -0.05) is 12.1 Å². The second-order valence-electron chi connectivity index (χ2n) is 7.41. The molecule has 10 heteroatoms. The molecule has 0 bridgehead atoms. The lowest BCUT2D eigenvalue weighted by molar-refractivity contribution is -0.137. The van der Waals surface area contributed by atoms with E-state index in [1.165, 1.54) is 17.0 Å². The highest BCUT2D eigenvalue weighted by Crippen LogP contribution is 2.29. The number of rotatable bonds is 5. The highest BCUT2D eigenvalue weighted by atomic mass is 19.4. The first-order chi connectivity index (χ1) is 14.8. The van der Waals surface area contributed by atoms with Crippen LogP contribution in [-0.2, 0) is 17.5 Å². The Balaban J connectivity index is 1.31. The maximum Gasteiger partial charge on any atom is 0.417 e. The molecule has 162 valence electrons. The van der Waals surface area contributed by atoms with E-state index in [-0.39, 0.29) is 30.5 Å². The Morgan fingerprint density at radius 2 is 1.97 bits per heavy atom. The molecule has 3 aromatic rings. The summed E-state index contributed by atoms with van der Waals surface area (Å²) in [6.45, 7) is 1.25. The number of benzene rings is 1. The average Bonchev–Trinajstić information content (AvgIpc) is 3.21. The summed E-state index contributed by atoms with van der Waals surface area (Å²) < 4.78 is 39.4. The number of para-hydroxylation sites is 1. The van der Waals surface area contributed by atoms with Crippen LogP contribution in [0.2, 0.25) is 0 Å². The highest BCUT2D eigenvalue weighted by molar-refractivity contribution is 5.77. The van der Waals surface area contributed by atoms with E-state index in [1.807, 2.05) is 4.90 Å². The number of fused-ring (bicyclic) bond motifs is 1. The van der Waals surface area contributed by atoms with Crippen molar-refractivity contribution in [2.75, 3.05) is 18.0 Å². The van der Waals surface area contributed by atoms with E-state index in [1.54, 1.807) is 24.3 Å². The van der Waals surface area contributed by atoms with Crippen LogP contribution in [0.4, 0.5) is 19.0 Å². The Bertz CT molecular complexity index is 1140. The summed E-state index contributed by atoms with van der Waals surface area (Å²) in [6.07, 6.45) is -1.39. The number of aryl methyl sites for hydroxylation is 1. The molecule has 1 unspecified atom stereocenters. The second kappa shape index (κ2) is 8.37. The van der Waals surface area contributed by atoms with Crippen molar-refractivity contribution in [3.05, 3.63) is 64.8 Å². The minimum absolute atomic E-state index is 0.120. The van der Waals surface area contributed by atoms with Crippen molar-refractivity contribution in [1.29, 1.82) is 0 Å². The Morgan fingerprint density at radius 1 is 1.16 bits per heavy atom. The number of halogens is 3. The van der Waals surface area contributed by atoms with Crippen molar-refractivity contribution in [3.63, 3.8) is 0 Å². The topological polar surface area (TPSA) is 80.1 Å². The molecule has 0 saturated carbocycles. The number of hydrogen-bond donors (Lipinski definition) is 1. The molecule has 1 aromatic carbocycles. The number of carbonyl (C=O) groups is 1. The van der Waals surface area contributed by atoms with Crippen LogP contribution in [0.3, 0.4) is 0 Å². The van der Waals surface area contributed by atoms with Crippen molar-refractivity contribution in [2.24, 2.45) is 0 Å². The van der Waals surface area contributed by atoms with Crippen LogP contribution >= 0.6 is 0 Å². The van der Waals surface area contributed by atoms with E-state index < -0.39 is 11.7 Å². The molecule has 2 aromatic heterocycles. The minimum atomic E-state index is -4.42. The molecule has 7 nitrogen and oxygen atoms in total. The third-order valence-corrected chi connectivity index (χ3v) is 5.26. The number of amides is 1. The molecule has 1 atom stereocenters. The second-order valence-corrected chi connectivity index (χ2v) is 7.41. The fourth-order valence-corrected chi connectivity index (χ4v) is 3.61. The summed E-state index contributed by atoms with van der Waals surface area (Å²) in [4.78, 5) is 34.8. The molecular formula is C21H20F3N5O2. The van der Waals surface area contributed by atoms with Gasteiger partial charge >= 0.3 is 6.18 Å². The first-order valence-electron chi connectivity index (χ1n) is 9.83. The molecule has 0 radical (unpaired) electrons. The molecule has 1 N–H and O–H groups in total. The fourth-order valence-electron chi connectivity index (χ4n) is 3.61. The van der Waals surface area contributed by atoms with Gasteiger partial charge in [-0.3, -0.25) is 14.2 Å². The van der Waals surface area contributed by atoms with Gasteiger partial charge in [0.25, 0.3) is 5.56 Å². The van der Waals surface area contributed by atoms with Crippen molar-refractivity contribution in [3.8, 4) is 0 Å². The van der Waals surface area contributed by atoms with E-state index in [0.29, 0.717) is 36.2 Å². The monoisotopic (exact) mass is 431 g/mol. The zero-order chi connectivity index (χ0) is 22.0. The molecule has 1 aliphatic heterocycles. The Labute approximate surface area is 175 Å². The molecule has 3 heterocycles. The third-order valence-electron chi connectivity index (χ3n) is 5.26. The molecular weight excluding hydrogens is 411 g/mol. The van der Waals surface area contributed by atoms with Crippen molar-refractivity contribution in [1.82, 2.24) is 19.9 Å². The Hall–Kier alpha value is -3.43. The lowest BCUT2D eigenvalue weighted by Gasteiger charge is -2.18. The molecule has 0 aliphatic carbocycles. The lowest BCUT2D eigenvalue weighted by Crippen LogP contribution is -2.38. The summed E-state index contributed by atoms with van der Waals surface area (Å²) in [6, 6.07) is 9.23. The van der Waals surface area contributed by atoms with Crippen molar-refractivity contribution in [2.45, 2.75) is 31.6 Å². The number of hydrogen-bond acceptors (Lipinski definition) is 5. The van der Waals surface area contributed by atoms with Crippen LogP contribution in [0.15, 0.2) is 53.7 Å². The molecule has 1 aliphatic rings. The minimum Gasteiger partial charge on any atom is -0.354 e. The predicted molar refractivity (Wildman–Crippen MR) is 109 cm³/mol. The van der Waals surface area contributed by atoms with Crippen LogP contribution in [0.25, 0.3) is 10.9 Å². The van der Waals surface area contributed by atoms with Gasteiger partial charge in [0, 0.05) is 38.3 Å². The summed E-state index contributed by atoms with van der Waals surface area (Å²) in [5.74, 6) is 0.242. The summed E-state index contributed by atoms with van der Waals surface area (Å²) >= 11 is 0. The molecule has 1 fully saturated rings. The number of anilines is 1. The van der Waals surface area contributed by atoms with E-state index in [9.17, 15) is 22.8 Å². The first-order valence-corrected chi connectivity index (χ1v) is 9.83. The van der Waals surface area contributed by atoms with E-state index in [4.69, 9.17) is 0 Å². The standard InChI is InChI=1S/C21H20F3N5O2/c22-21(23,24)14-5-6-18(25-11-14)28-9-7-15(12-28)27-19(30)8-10-29-13-26-17-4-2-1-3-16(17)20(29)31/h1-6,11,13,15H,7-10,12H2,(H,27,30). The fraction of sp³-hybridized carbons (Fsp3) is 0.333. The summed E-state index contributed by atoms with van der Waals surface area (Å²) in [7, 11) is 0. The van der Waals surface area contributed by atoms with Crippen LogP contribution in [0.1, 0.15) is 18.4 Å². The van der Waals surface area contributed by atoms with Gasteiger partial charge in [-0.15, -0.1) is 0 Å². The normalized spacial score (nSPS) is 16.6. The van der Waals surface area contributed by atoms with E-state index >= 15 is 0 Å². The van der Waals surface area contributed by atoms with Gasteiger partial charge in [0.2, 0.25) is 5.91 Å². The lowest BCUT2D eigenvalue weighted by atomic mass is 10.2. The zero-order valence-electron chi connectivity index (χ0n) is 16.5.